The van der Waals surface area contributed by atoms with Crippen molar-refractivity contribution >= 4 is 21.6 Å². The summed E-state index contributed by atoms with van der Waals surface area (Å²) in [5.41, 5.74) is 12.1. The molecule has 1 aliphatic carbocycles. The number of nitrogens with two attached hydrogens (primary N) is 1. The van der Waals surface area contributed by atoms with E-state index >= 15 is 0 Å². The molecule has 0 saturated carbocycles. The number of anilines is 1. The lowest BCUT2D eigenvalue weighted by atomic mass is 9.82. The second-order valence-electron chi connectivity index (χ2n) is 5.12. The fourth-order valence-electron chi connectivity index (χ4n) is 2.73. The summed E-state index contributed by atoms with van der Waals surface area (Å²) in [7, 11) is 0. The average Bonchev–Trinajstić information content (AvgIpc) is 2.49. The highest BCUT2D eigenvalue weighted by Gasteiger charge is 2.35. The Morgan fingerprint density at radius 1 is 0.941 bits per heavy atom. The van der Waals surface area contributed by atoms with E-state index in [-0.39, 0.29) is 5.41 Å². The Labute approximate surface area is 110 Å². The van der Waals surface area contributed by atoms with E-state index in [9.17, 15) is 0 Å². The number of halogens is 1. The molecule has 0 fully saturated rings. The third kappa shape index (κ3) is 1.44. The normalized spacial score (nSPS) is 15.5. The van der Waals surface area contributed by atoms with Crippen molar-refractivity contribution in [3.8, 4) is 11.1 Å². The van der Waals surface area contributed by atoms with Crippen LogP contribution in [0.1, 0.15) is 25.0 Å². The Morgan fingerprint density at radius 3 is 2.24 bits per heavy atom. The molecule has 2 aromatic rings. The summed E-state index contributed by atoms with van der Waals surface area (Å²) in [6.45, 7) is 4.51. The summed E-state index contributed by atoms with van der Waals surface area (Å²) < 4.78 is 1.13. The van der Waals surface area contributed by atoms with Crippen LogP contribution in [0.15, 0.2) is 40.9 Å². The van der Waals surface area contributed by atoms with Crippen molar-refractivity contribution in [2.75, 3.05) is 5.73 Å². The van der Waals surface area contributed by atoms with Crippen molar-refractivity contribution in [1.29, 1.82) is 0 Å². The van der Waals surface area contributed by atoms with Crippen molar-refractivity contribution in [2.24, 2.45) is 0 Å². The van der Waals surface area contributed by atoms with Gasteiger partial charge in [0, 0.05) is 15.6 Å². The topological polar surface area (TPSA) is 26.0 Å². The zero-order chi connectivity index (χ0) is 12.2. The maximum atomic E-state index is 5.91. The number of rotatable bonds is 0. The molecule has 0 radical (unpaired) electrons. The van der Waals surface area contributed by atoms with Gasteiger partial charge in [0.1, 0.15) is 0 Å². The van der Waals surface area contributed by atoms with Gasteiger partial charge >= 0.3 is 0 Å². The van der Waals surface area contributed by atoms with E-state index in [2.05, 4.69) is 60.1 Å². The van der Waals surface area contributed by atoms with Gasteiger partial charge in [-0.3, -0.25) is 0 Å². The summed E-state index contributed by atoms with van der Waals surface area (Å²) in [6, 6.07) is 12.7. The SMILES string of the molecule is CC1(C)c2cc(N)ccc2-c2ccc(Br)cc21. The highest BCUT2D eigenvalue weighted by atomic mass is 79.9. The van der Waals surface area contributed by atoms with Gasteiger partial charge in [0.15, 0.2) is 0 Å². The van der Waals surface area contributed by atoms with Crippen molar-refractivity contribution in [3.63, 3.8) is 0 Å². The van der Waals surface area contributed by atoms with E-state index in [0.717, 1.165) is 10.2 Å². The quantitative estimate of drug-likeness (QED) is 0.717. The summed E-state index contributed by atoms with van der Waals surface area (Å²) in [6.07, 6.45) is 0. The van der Waals surface area contributed by atoms with Gasteiger partial charge < -0.3 is 5.73 Å². The van der Waals surface area contributed by atoms with E-state index in [1.54, 1.807) is 0 Å². The van der Waals surface area contributed by atoms with Crippen molar-refractivity contribution in [2.45, 2.75) is 19.3 Å². The third-order valence-electron chi connectivity index (χ3n) is 3.66. The van der Waals surface area contributed by atoms with Crippen LogP contribution in [0.3, 0.4) is 0 Å². The maximum absolute atomic E-state index is 5.91. The summed E-state index contributed by atoms with van der Waals surface area (Å²) in [5, 5.41) is 0. The molecule has 0 spiro atoms. The van der Waals surface area contributed by atoms with Gasteiger partial charge in [0.2, 0.25) is 0 Å². The first-order valence-corrected chi connectivity index (χ1v) is 6.50. The molecular formula is C15H14BrN. The Hall–Kier alpha value is -1.28. The van der Waals surface area contributed by atoms with Gasteiger partial charge in [-0.25, -0.2) is 0 Å². The van der Waals surface area contributed by atoms with Crippen LogP contribution in [-0.4, -0.2) is 0 Å². The van der Waals surface area contributed by atoms with Crippen molar-refractivity contribution in [1.82, 2.24) is 0 Å². The minimum Gasteiger partial charge on any atom is -0.399 e. The molecule has 1 aliphatic rings. The molecule has 0 saturated heterocycles. The number of benzene rings is 2. The van der Waals surface area contributed by atoms with Crippen molar-refractivity contribution < 1.29 is 0 Å². The van der Waals surface area contributed by atoms with E-state index in [1.807, 2.05) is 6.07 Å². The molecule has 86 valence electrons. The lowest BCUT2D eigenvalue weighted by Crippen LogP contribution is -2.15. The smallest absolute Gasteiger partial charge is 0.0317 e. The lowest BCUT2D eigenvalue weighted by molar-refractivity contribution is 0.660. The summed E-state index contributed by atoms with van der Waals surface area (Å²) in [5.74, 6) is 0. The largest absolute Gasteiger partial charge is 0.399 e. The molecule has 0 aliphatic heterocycles. The molecule has 0 amide bonds. The van der Waals surface area contributed by atoms with E-state index in [0.29, 0.717) is 0 Å². The predicted octanol–water partition coefficient (Wildman–Crippen LogP) is 4.34. The minimum absolute atomic E-state index is 0.0316. The number of hydrogen-bond donors (Lipinski definition) is 1. The number of hydrogen-bond acceptors (Lipinski definition) is 1. The van der Waals surface area contributed by atoms with E-state index in [1.165, 1.54) is 22.3 Å². The van der Waals surface area contributed by atoms with Crippen LogP contribution in [0.4, 0.5) is 5.69 Å². The Kier molecular flexibility index (Phi) is 2.14. The highest BCUT2D eigenvalue weighted by Crippen LogP contribution is 2.49. The van der Waals surface area contributed by atoms with Crippen LogP contribution in [0, 0.1) is 0 Å². The molecular weight excluding hydrogens is 274 g/mol. The fraction of sp³-hybridized carbons (Fsp3) is 0.200. The molecule has 0 atom stereocenters. The molecule has 2 N–H and O–H groups in total. The standard InChI is InChI=1S/C15H14BrN/c1-15(2)13-7-9(16)3-5-11(13)12-6-4-10(17)8-14(12)15/h3-8H,17H2,1-2H3. The fourth-order valence-corrected chi connectivity index (χ4v) is 3.09. The van der Waals surface area contributed by atoms with Gasteiger partial charge in [-0.2, -0.15) is 0 Å². The summed E-state index contributed by atoms with van der Waals surface area (Å²) >= 11 is 3.55. The Morgan fingerprint density at radius 2 is 1.53 bits per heavy atom. The molecule has 0 bridgehead atoms. The Balaban J connectivity index is 2.37. The van der Waals surface area contributed by atoms with Crippen LogP contribution in [0.25, 0.3) is 11.1 Å². The average molecular weight is 288 g/mol. The van der Waals surface area contributed by atoms with Crippen LogP contribution < -0.4 is 5.73 Å². The molecule has 1 nitrogen and oxygen atoms in total. The lowest BCUT2D eigenvalue weighted by Gasteiger charge is -2.21. The van der Waals surface area contributed by atoms with Crippen LogP contribution in [0.5, 0.6) is 0 Å². The molecule has 0 aromatic heterocycles. The molecule has 2 aromatic carbocycles. The second-order valence-corrected chi connectivity index (χ2v) is 6.04. The maximum Gasteiger partial charge on any atom is 0.0317 e. The number of fused-ring (bicyclic) bond motifs is 3. The molecule has 3 rings (SSSR count). The van der Waals surface area contributed by atoms with Crippen LogP contribution in [0.2, 0.25) is 0 Å². The zero-order valence-electron chi connectivity index (χ0n) is 9.92. The first kappa shape index (κ1) is 10.8. The summed E-state index contributed by atoms with van der Waals surface area (Å²) in [4.78, 5) is 0. The van der Waals surface area contributed by atoms with Gasteiger partial charge in [0.05, 0.1) is 0 Å². The van der Waals surface area contributed by atoms with E-state index in [4.69, 9.17) is 5.73 Å². The molecule has 0 unspecified atom stereocenters. The predicted molar refractivity (Wildman–Crippen MR) is 76.1 cm³/mol. The van der Waals surface area contributed by atoms with E-state index < -0.39 is 0 Å². The van der Waals surface area contributed by atoms with Crippen molar-refractivity contribution in [3.05, 3.63) is 52.0 Å². The monoisotopic (exact) mass is 287 g/mol. The number of nitrogen functional groups attached to an aromatic ring is 1. The molecule has 17 heavy (non-hydrogen) atoms. The highest BCUT2D eigenvalue weighted by molar-refractivity contribution is 9.10. The molecule has 2 heteroatoms. The first-order chi connectivity index (χ1) is 8.00. The van der Waals surface area contributed by atoms with Gasteiger partial charge in [-0.05, 0) is 46.5 Å². The second kappa shape index (κ2) is 3.36. The zero-order valence-corrected chi connectivity index (χ0v) is 11.5. The van der Waals surface area contributed by atoms with Crippen LogP contribution in [-0.2, 0) is 5.41 Å². The van der Waals surface area contributed by atoms with Gasteiger partial charge in [-0.1, -0.05) is 41.9 Å². The molecule has 0 heterocycles. The van der Waals surface area contributed by atoms with Gasteiger partial charge in [0.25, 0.3) is 0 Å². The first-order valence-electron chi connectivity index (χ1n) is 5.70. The third-order valence-corrected chi connectivity index (χ3v) is 4.16. The Bertz CT molecular complexity index is 561. The minimum atomic E-state index is 0.0316. The van der Waals surface area contributed by atoms with Crippen LogP contribution >= 0.6 is 15.9 Å². The van der Waals surface area contributed by atoms with Gasteiger partial charge in [-0.15, -0.1) is 0 Å².